The van der Waals surface area contributed by atoms with E-state index in [9.17, 15) is 5.21 Å². The van der Waals surface area contributed by atoms with E-state index in [1.54, 1.807) is 13.1 Å². The first kappa shape index (κ1) is 7.48. The zero-order chi connectivity index (χ0) is 7.61. The average Bonchev–Trinajstić information content (AvgIpc) is 1.88. The highest BCUT2D eigenvalue weighted by Crippen LogP contribution is 2.11. The Labute approximate surface area is 59.8 Å². The molecule has 0 radical (unpaired) electrons. The minimum Gasteiger partial charge on any atom is -0.617 e. The van der Waals surface area contributed by atoms with E-state index >= 15 is 0 Å². The van der Waals surface area contributed by atoms with E-state index in [4.69, 9.17) is 10.00 Å². The number of nitrogens with zero attached hydrogens (tertiary/aromatic N) is 2. The Morgan fingerprint density at radius 1 is 1.80 bits per heavy atom. The van der Waals surface area contributed by atoms with Gasteiger partial charge in [0.1, 0.15) is 19.2 Å². The second-order valence-corrected chi connectivity index (χ2v) is 2.58. The van der Waals surface area contributed by atoms with Crippen molar-refractivity contribution in [3.05, 3.63) is 5.21 Å². The lowest BCUT2D eigenvalue weighted by Gasteiger charge is -2.38. The van der Waals surface area contributed by atoms with E-state index < -0.39 is 4.65 Å². The molecule has 0 bridgehead atoms. The number of rotatable bonds is 0. The summed E-state index contributed by atoms with van der Waals surface area (Å²) in [7, 11) is 0. The van der Waals surface area contributed by atoms with Gasteiger partial charge in [0.2, 0.25) is 0 Å². The summed E-state index contributed by atoms with van der Waals surface area (Å²) in [5.74, 6) is 0. The van der Waals surface area contributed by atoms with Crippen LogP contribution in [0.1, 0.15) is 6.92 Å². The van der Waals surface area contributed by atoms with Crippen molar-refractivity contribution < 1.29 is 9.38 Å². The fourth-order valence-electron chi connectivity index (χ4n) is 1.05. The van der Waals surface area contributed by atoms with Gasteiger partial charge in [-0.3, -0.25) is 4.65 Å². The van der Waals surface area contributed by atoms with Crippen LogP contribution in [0.2, 0.25) is 0 Å². The van der Waals surface area contributed by atoms with Gasteiger partial charge in [0.15, 0.2) is 0 Å². The molecule has 4 heteroatoms. The number of nitriles is 1. The van der Waals surface area contributed by atoms with Crippen LogP contribution >= 0.6 is 0 Å². The SMILES string of the molecule is CC1C[N+]([O-])(C#N)CCO1. The summed E-state index contributed by atoms with van der Waals surface area (Å²) in [4.78, 5) is 0. The van der Waals surface area contributed by atoms with Crippen molar-refractivity contribution in [1.29, 1.82) is 5.26 Å². The number of hydrogen-bond acceptors (Lipinski definition) is 3. The summed E-state index contributed by atoms with van der Waals surface area (Å²) >= 11 is 0. The van der Waals surface area contributed by atoms with Gasteiger partial charge in [-0.15, -0.1) is 5.26 Å². The zero-order valence-electron chi connectivity index (χ0n) is 5.91. The lowest BCUT2D eigenvalue weighted by atomic mass is 10.3. The molecule has 1 heterocycles. The van der Waals surface area contributed by atoms with Gasteiger partial charge < -0.3 is 9.94 Å². The molecule has 0 N–H and O–H groups in total. The Morgan fingerprint density at radius 3 is 2.90 bits per heavy atom. The standard InChI is InChI=1S/C6H10N2O2/c1-6-4-8(9,5-7)2-3-10-6/h6H,2-4H2,1H3. The maximum Gasteiger partial charge on any atom is 0.309 e. The lowest BCUT2D eigenvalue weighted by molar-refractivity contribution is -0.828. The van der Waals surface area contributed by atoms with Gasteiger partial charge in [0.05, 0.1) is 6.61 Å². The van der Waals surface area contributed by atoms with Crippen LogP contribution in [-0.4, -0.2) is 30.4 Å². The van der Waals surface area contributed by atoms with Crippen LogP contribution in [-0.2, 0) is 4.74 Å². The molecule has 0 aromatic carbocycles. The third-order valence-electron chi connectivity index (χ3n) is 1.59. The molecule has 1 aliphatic heterocycles. The summed E-state index contributed by atoms with van der Waals surface area (Å²) in [5, 5.41) is 19.6. The monoisotopic (exact) mass is 142 g/mol. The van der Waals surface area contributed by atoms with Gasteiger partial charge >= 0.3 is 6.19 Å². The van der Waals surface area contributed by atoms with Gasteiger partial charge in [-0.2, -0.15) is 0 Å². The minimum atomic E-state index is -0.763. The molecule has 1 fully saturated rings. The molecule has 1 rings (SSSR count). The van der Waals surface area contributed by atoms with Gasteiger partial charge in [-0.1, -0.05) is 0 Å². The van der Waals surface area contributed by atoms with Crippen LogP contribution in [0.4, 0.5) is 0 Å². The molecule has 1 aliphatic rings. The van der Waals surface area contributed by atoms with Crippen molar-refractivity contribution in [3.63, 3.8) is 0 Å². The van der Waals surface area contributed by atoms with Crippen molar-refractivity contribution >= 4 is 0 Å². The molecule has 0 saturated carbocycles. The summed E-state index contributed by atoms with van der Waals surface area (Å²) in [6.45, 7) is 2.73. The van der Waals surface area contributed by atoms with Gasteiger partial charge in [-0.05, 0) is 6.92 Å². The molecule has 0 aromatic rings. The van der Waals surface area contributed by atoms with Crippen LogP contribution in [0.25, 0.3) is 0 Å². The Kier molecular flexibility index (Phi) is 1.90. The Morgan fingerprint density at radius 2 is 2.50 bits per heavy atom. The summed E-state index contributed by atoms with van der Waals surface area (Å²) in [6, 6.07) is 0. The van der Waals surface area contributed by atoms with Crippen molar-refractivity contribution in [1.82, 2.24) is 0 Å². The molecule has 0 aromatic heterocycles. The van der Waals surface area contributed by atoms with Crippen molar-refractivity contribution in [3.8, 4) is 6.19 Å². The first-order valence-electron chi connectivity index (χ1n) is 3.27. The van der Waals surface area contributed by atoms with Crippen LogP contribution in [0.15, 0.2) is 0 Å². The molecule has 4 nitrogen and oxygen atoms in total. The fraction of sp³-hybridized carbons (Fsp3) is 0.833. The van der Waals surface area contributed by atoms with Crippen LogP contribution < -0.4 is 0 Å². The maximum absolute atomic E-state index is 11.2. The predicted molar refractivity (Wildman–Crippen MR) is 34.4 cm³/mol. The highest BCUT2D eigenvalue weighted by Gasteiger charge is 2.26. The highest BCUT2D eigenvalue weighted by molar-refractivity contribution is 4.66. The molecule has 2 unspecified atom stereocenters. The van der Waals surface area contributed by atoms with E-state index in [1.807, 2.05) is 0 Å². The molecular formula is C6H10N2O2. The molecule has 56 valence electrons. The van der Waals surface area contributed by atoms with E-state index in [0.29, 0.717) is 6.61 Å². The van der Waals surface area contributed by atoms with Gasteiger partial charge in [-0.25, -0.2) is 0 Å². The molecular weight excluding hydrogens is 132 g/mol. The topological polar surface area (TPSA) is 56.1 Å². The smallest absolute Gasteiger partial charge is 0.309 e. The summed E-state index contributed by atoms with van der Waals surface area (Å²) in [5.41, 5.74) is 0. The minimum absolute atomic E-state index is 0.0779. The third kappa shape index (κ3) is 1.45. The number of hydrogen-bond donors (Lipinski definition) is 0. The van der Waals surface area contributed by atoms with Gasteiger partial charge in [0, 0.05) is 0 Å². The highest BCUT2D eigenvalue weighted by atomic mass is 16.6. The van der Waals surface area contributed by atoms with Crippen LogP contribution in [0.3, 0.4) is 0 Å². The van der Waals surface area contributed by atoms with Crippen molar-refractivity contribution in [2.45, 2.75) is 13.0 Å². The first-order chi connectivity index (χ1) is 4.66. The van der Waals surface area contributed by atoms with Crippen molar-refractivity contribution in [2.75, 3.05) is 19.7 Å². The largest absolute Gasteiger partial charge is 0.617 e. The van der Waals surface area contributed by atoms with E-state index in [0.717, 1.165) is 0 Å². The second-order valence-electron chi connectivity index (χ2n) is 2.58. The number of quaternary nitrogens is 1. The second kappa shape index (κ2) is 2.54. The molecule has 0 spiro atoms. The quantitative estimate of drug-likeness (QED) is 0.276. The number of ether oxygens (including phenoxy) is 1. The number of morpholine rings is 1. The zero-order valence-corrected chi connectivity index (χ0v) is 5.91. The molecule has 1 saturated heterocycles. The Bertz CT molecular complexity index is 166. The molecule has 0 aliphatic carbocycles. The molecule has 10 heavy (non-hydrogen) atoms. The Hall–Kier alpha value is -0.630. The lowest BCUT2D eigenvalue weighted by Crippen LogP contribution is -2.49. The summed E-state index contributed by atoms with van der Waals surface area (Å²) in [6.07, 6.45) is 1.63. The fourth-order valence-corrected chi connectivity index (χ4v) is 1.05. The predicted octanol–water partition coefficient (Wildman–Crippen LogP) is 0.201. The normalized spacial score (nSPS) is 40.7. The van der Waals surface area contributed by atoms with E-state index in [-0.39, 0.29) is 19.2 Å². The summed E-state index contributed by atoms with van der Waals surface area (Å²) < 4.78 is 4.35. The van der Waals surface area contributed by atoms with Crippen LogP contribution in [0.5, 0.6) is 0 Å². The van der Waals surface area contributed by atoms with Crippen LogP contribution in [0, 0.1) is 16.7 Å². The Balaban J connectivity index is 2.56. The van der Waals surface area contributed by atoms with Gasteiger partial charge in [0.25, 0.3) is 0 Å². The maximum atomic E-state index is 11.2. The molecule has 0 amide bonds. The average molecular weight is 142 g/mol. The van der Waals surface area contributed by atoms with E-state index in [1.165, 1.54) is 0 Å². The van der Waals surface area contributed by atoms with Crippen molar-refractivity contribution in [2.24, 2.45) is 0 Å². The molecule has 2 atom stereocenters. The number of hydroxylamine groups is 3. The van der Waals surface area contributed by atoms with E-state index in [2.05, 4.69) is 0 Å². The third-order valence-corrected chi connectivity index (χ3v) is 1.59. The first-order valence-corrected chi connectivity index (χ1v) is 3.27.